The van der Waals surface area contributed by atoms with Gasteiger partial charge in [0, 0.05) is 6.42 Å². The van der Waals surface area contributed by atoms with Gasteiger partial charge >= 0.3 is 29.6 Å². The number of halogens is 12. The minimum atomic E-state index is -7.23. The van der Waals surface area contributed by atoms with E-state index in [0.717, 1.165) is 24.3 Å². The minimum Gasteiger partial charge on any atom is -0.230 e. The van der Waals surface area contributed by atoms with Crippen LogP contribution in [0, 0.1) is 0 Å². The lowest BCUT2D eigenvalue weighted by Gasteiger charge is -2.54. The molecule has 0 unspecified atom stereocenters. The van der Waals surface area contributed by atoms with Crippen LogP contribution in [0.25, 0.3) is 0 Å². The topological polar surface area (TPSA) is 0 Å². The van der Waals surface area contributed by atoms with Gasteiger partial charge in [0.25, 0.3) is 5.67 Å². The molecule has 0 aliphatic heterocycles. The Morgan fingerprint density at radius 1 is 0.500 bits per heavy atom. The molecule has 2 aromatic rings. The molecule has 1 saturated carbocycles. The van der Waals surface area contributed by atoms with Gasteiger partial charge in [0.1, 0.15) is 0 Å². The molecule has 0 bridgehead atoms. The van der Waals surface area contributed by atoms with Crippen LogP contribution in [0.2, 0.25) is 0 Å². The van der Waals surface area contributed by atoms with Crippen LogP contribution in [0.15, 0.2) is 60.7 Å². The molecule has 1 aliphatic carbocycles. The molecule has 1 fully saturated rings. The Hall–Kier alpha value is -1.60. The van der Waals surface area contributed by atoms with Crippen LogP contribution in [-0.2, 0) is 3.42 Å². The summed E-state index contributed by atoms with van der Waals surface area (Å²) in [5.41, 5.74) is -6.43. The van der Waals surface area contributed by atoms with Crippen LogP contribution >= 0.6 is 22.6 Å². The van der Waals surface area contributed by atoms with Crippen LogP contribution in [-0.4, -0.2) is 35.3 Å². The molecule has 0 spiro atoms. The quantitative estimate of drug-likeness (QED) is 0.196. The lowest BCUT2D eigenvalue weighted by atomic mass is 9.67. The third-order valence-electron chi connectivity index (χ3n) is 5.52. The molecule has 0 N–H and O–H groups in total. The Kier molecular flexibility index (Phi) is 5.63. The summed E-state index contributed by atoms with van der Waals surface area (Å²) in [6, 6.07) is 12.5. The van der Waals surface area contributed by atoms with Crippen LogP contribution in [0.5, 0.6) is 0 Å². The Balaban J connectivity index is 2.32. The van der Waals surface area contributed by atoms with E-state index in [9.17, 15) is 43.9 Å². The van der Waals surface area contributed by atoms with Crippen molar-refractivity contribution < 1.29 is 48.3 Å². The summed E-state index contributed by atoms with van der Waals surface area (Å²) in [5.74, 6) is -35.2. The molecule has 0 aromatic heterocycles. The maximum absolute atomic E-state index is 15.5. The highest BCUT2D eigenvalue weighted by atomic mass is 127. The Labute approximate surface area is 187 Å². The summed E-state index contributed by atoms with van der Waals surface area (Å²) in [5, 5.41) is 0. The van der Waals surface area contributed by atoms with Gasteiger partial charge < -0.3 is 0 Å². The number of benzene rings is 2. The van der Waals surface area contributed by atoms with E-state index in [0.29, 0.717) is 0 Å². The van der Waals surface area contributed by atoms with E-state index in [4.69, 9.17) is 0 Å². The van der Waals surface area contributed by atoms with Crippen molar-refractivity contribution in [3.8, 4) is 0 Å². The molecular weight excluding hydrogens is 576 g/mol. The van der Waals surface area contributed by atoms with E-state index in [1.807, 2.05) is 0 Å². The molecule has 3 rings (SSSR count). The van der Waals surface area contributed by atoms with Crippen molar-refractivity contribution in [2.24, 2.45) is 0 Å². The Morgan fingerprint density at radius 3 is 1.09 bits per heavy atom. The monoisotopic (exact) mass is 588 g/mol. The molecule has 12 heteroatoms. The molecule has 1 aliphatic rings. The van der Waals surface area contributed by atoms with Crippen molar-refractivity contribution in [3.63, 3.8) is 0 Å². The van der Waals surface area contributed by atoms with Crippen molar-refractivity contribution >= 4 is 22.6 Å². The second-order valence-corrected chi connectivity index (χ2v) is 9.22. The number of hydrogen-bond acceptors (Lipinski definition) is 0. The molecule has 2 aromatic carbocycles. The largest absolute Gasteiger partial charge is 0.384 e. The van der Waals surface area contributed by atoms with Gasteiger partial charge in [0.2, 0.25) is 0 Å². The van der Waals surface area contributed by atoms with E-state index < -0.39 is 45.1 Å². The summed E-state index contributed by atoms with van der Waals surface area (Å²) in [7, 11) is 0. The first-order chi connectivity index (χ1) is 14.4. The van der Waals surface area contributed by atoms with E-state index in [1.54, 1.807) is 0 Å². The van der Waals surface area contributed by atoms with Gasteiger partial charge in [0.05, 0.1) is 3.42 Å². The molecule has 32 heavy (non-hydrogen) atoms. The van der Waals surface area contributed by atoms with E-state index in [-0.39, 0.29) is 11.1 Å². The van der Waals surface area contributed by atoms with Gasteiger partial charge in [0.15, 0.2) is 0 Å². The smallest absolute Gasteiger partial charge is 0.230 e. The summed E-state index contributed by atoms with van der Waals surface area (Å²) >= 11 is 1.20. The molecule has 0 atom stereocenters. The summed E-state index contributed by atoms with van der Waals surface area (Å²) < 4.78 is 154. The normalized spacial score (nSPS) is 24.6. The second-order valence-electron chi connectivity index (χ2n) is 7.38. The van der Waals surface area contributed by atoms with E-state index >= 15 is 4.39 Å². The Morgan fingerprint density at radius 2 is 0.781 bits per heavy atom. The summed E-state index contributed by atoms with van der Waals surface area (Å²) in [6.07, 6.45) is -2.37. The molecule has 0 nitrogen and oxygen atoms in total. The zero-order valence-electron chi connectivity index (χ0n) is 15.5. The van der Waals surface area contributed by atoms with Gasteiger partial charge in [-0.1, -0.05) is 83.3 Å². The zero-order chi connectivity index (χ0) is 24.4. The van der Waals surface area contributed by atoms with Crippen molar-refractivity contribution in [2.45, 2.75) is 45.1 Å². The fourth-order valence-corrected chi connectivity index (χ4v) is 4.86. The van der Waals surface area contributed by atoms with Gasteiger partial charge in [-0.2, -0.15) is 43.9 Å². The van der Waals surface area contributed by atoms with Gasteiger partial charge in [-0.15, -0.1) is 0 Å². The average molecular weight is 588 g/mol. The standard InChI is InChI=1S/C20H12F11I/c21-15(16(22,23)18(26,27)20(30,31)19(28,29)17(15,24)25)11-14(32,12-7-3-1-4-8-12)13-9-5-2-6-10-13/h1-10H,11H2. The fraction of sp³-hybridized carbons (Fsp3) is 0.400. The van der Waals surface area contributed by atoms with E-state index in [1.165, 1.54) is 59.0 Å². The highest BCUT2D eigenvalue weighted by Crippen LogP contribution is 2.71. The first-order valence-electron chi connectivity index (χ1n) is 8.80. The third kappa shape index (κ3) is 2.86. The highest BCUT2D eigenvalue weighted by molar-refractivity contribution is 14.1. The van der Waals surface area contributed by atoms with Crippen LogP contribution < -0.4 is 0 Å². The SMILES string of the molecule is FC1(F)C(F)(F)C(F)(F)C(F)(CC(I)(c2ccccc2)c2ccccc2)C(F)(F)C1(F)F. The molecule has 0 radical (unpaired) electrons. The van der Waals surface area contributed by atoms with Crippen molar-refractivity contribution in [2.75, 3.05) is 0 Å². The van der Waals surface area contributed by atoms with Gasteiger partial charge in [-0.05, 0) is 11.1 Å². The molecule has 0 heterocycles. The molecule has 0 saturated heterocycles. The first kappa shape index (κ1) is 25.0. The van der Waals surface area contributed by atoms with E-state index in [2.05, 4.69) is 0 Å². The number of rotatable bonds is 4. The lowest BCUT2D eigenvalue weighted by molar-refractivity contribution is -0.486. The Bertz CT molecular complexity index is 904. The molecule has 176 valence electrons. The average Bonchev–Trinajstić information content (AvgIpc) is 2.73. The maximum atomic E-state index is 15.5. The van der Waals surface area contributed by atoms with Crippen LogP contribution in [0.3, 0.4) is 0 Å². The maximum Gasteiger partial charge on any atom is 0.384 e. The molecule has 0 amide bonds. The van der Waals surface area contributed by atoms with Crippen LogP contribution in [0.4, 0.5) is 48.3 Å². The fourth-order valence-electron chi connectivity index (χ4n) is 3.62. The van der Waals surface area contributed by atoms with Gasteiger partial charge in [-0.3, -0.25) is 0 Å². The van der Waals surface area contributed by atoms with Crippen molar-refractivity contribution in [1.29, 1.82) is 0 Å². The van der Waals surface area contributed by atoms with Crippen molar-refractivity contribution in [3.05, 3.63) is 71.8 Å². The zero-order valence-corrected chi connectivity index (χ0v) is 17.7. The summed E-state index contributed by atoms with van der Waals surface area (Å²) in [6.45, 7) is 0. The first-order valence-corrected chi connectivity index (χ1v) is 9.88. The summed E-state index contributed by atoms with van der Waals surface area (Å²) in [4.78, 5) is 0. The minimum absolute atomic E-state index is 0.181. The third-order valence-corrected chi connectivity index (χ3v) is 7.15. The lowest BCUT2D eigenvalue weighted by Crippen LogP contribution is -2.84. The second kappa shape index (κ2) is 7.20. The number of alkyl halides is 12. The number of hydrogen-bond donors (Lipinski definition) is 0. The predicted octanol–water partition coefficient (Wildman–Crippen LogP) is 7.65. The van der Waals surface area contributed by atoms with Gasteiger partial charge in [-0.25, -0.2) is 4.39 Å². The highest BCUT2D eigenvalue weighted by Gasteiger charge is 3.01. The van der Waals surface area contributed by atoms with Crippen molar-refractivity contribution in [1.82, 2.24) is 0 Å². The predicted molar refractivity (Wildman–Crippen MR) is 101 cm³/mol. The molecular formula is C20H12F11I. The van der Waals surface area contributed by atoms with Crippen LogP contribution in [0.1, 0.15) is 17.5 Å².